The maximum absolute atomic E-state index is 13.5. The van der Waals surface area contributed by atoms with Crippen LogP contribution in [0.4, 0.5) is 5.82 Å². The lowest BCUT2D eigenvalue weighted by molar-refractivity contribution is -0.157. The van der Waals surface area contributed by atoms with Crippen LogP contribution in [0.25, 0.3) is 11.0 Å². The summed E-state index contributed by atoms with van der Waals surface area (Å²) in [6.45, 7) is -0.380. The molecule has 1 aliphatic rings. The standard InChI is InChI=1S/C28H29N5O6/c29-27(37)28(12-19(35)14-34)11-10-18(15-38-28)33-26-23-22(13-30-25(23)31-16-32-26)24(36)17-6-8-21(9-7-17)39-20-4-2-1-3-5-20/h1-9,13,16,18-19,34-35H,10-12,14-15H2,(H2,29,37)(H2,30,31,32,33)/t18?,19-,28?/m1/s1. The van der Waals surface area contributed by atoms with Crippen LogP contribution in [0.5, 0.6) is 11.5 Å². The third kappa shape index (κ3) is 5.60. The second-order valence-corrected chi connectivity index (χ2v) is 9.51. The number of aliphatic hydroxyl groups is 2. The number of carbonyl (C=O) groups is 2. The predicted octanol–water partition coefficient (Wildman–Crippen LogP) is 2.54. The van der Waals surface area contributed by atoms with Crippen LogP contribution in [-0.2, 0) is 9.53 Å². The van der Waals surface area contributed by atoms with Crippen molar-refractivity contribution < 1.29 is 29.3 Å². The molecule has 0 radical (unpaired) electrons. The maximum Gasteiger partial charge on any atom is 0.249 e. The lowest BCUT2D eigenvalue weighted by Gasteiger charge is -2.39. The summed E-state index contributed by atoms with van der Waals surface area (Å²) in [6, 6.07) is 16.0. The summed E-state index contributed by atoms with van der Waals surface area (Å²) < 4.78 is 11.7. The first-order chi connectivity index (χ1) is 18.9. The van der Waals surface area contributed by atoms with E-state index >= 15 is 0 Å². The van der Waals surface area contributed by atoms with E-state index in [0.717, 1.165) is 0 Å². The van der Waals surface area contributed by atoms with E-state index in [2.05, 4.69) is 20.3 Å². The zero-order chi connectivity index (χ0) is 27.4. The van der Waals surface area contributed by atoms with Crippen LogP contribution < -0.4 is 15.8 Å². The minimum absolute atomic E-state index is 0.0883. The van der Waals surface area contributed by atoms with Gasteiger partial charge in [0.2, 0.25) is 5.91 Å². The molecule has 1 amide bonds. The monoisotopic (exact) mass is 531 g/mol. The van der Waals surface area contributed by atoms with Crippen molar-refractivity contribution in [3.05, 3.63) is 78.2 Å². The number of hydrogen-bond donors (Lipinski definition) is 5. The van der Waals surface area contributed by atoms with Crippen molar-refractivity contribution in [1.29, 1.82) is 0 Å². The molecular weight excluding hydrogens is 502 g/mol. The number of ketones is 1. The fourth-order valence-electron chi connectivity index (χ4n) is 4.74. The van der Waals surface area contributed by atoms with E-state index in [1.165, 1.54) is 6.33 Å². The normalized spacial score (nSPS) is 19.9. The van der Waals surface area contributed by atoms with Gasteiger partial charge < -0.3 is 35.7 Å². The highest BCUT2D eigenvalue weighted by Gasteiger charge is 2.43. The van der Waals surface area contributed by atoms with Crippen LogP contribution in [0.15, 0.2) is 67.1 Å². The molecule has 2 aromatic carbocycles. The summed E-state index contributed by atoms with van der Waals surface area (Å²) in [5.74, 6) is 0.861. The van der Waals surface area contributed by atoms with Gasteiger partial charge in [-0.05, 0) is 49.2 Å². The zero-order valence-corrected chi connectivity index (χ0v) is 21.0. The van der Waals surface area contributed by atoms with E-state index < -0.39 is 24.2 Å². The Morgan fingerprint density at radius 2 is 1.90 bits per heavy atom. The van der Waals surface area contributed by atoms with Crippen molar-refractivity contribution in [2.45, 2.75) is 37.0 Å². The molecule has 11 nitrogen and oxygen atoms in total. The van der Waals surface area contributed by atoms with Gasteiger partial charge in [0.15, 0.2) is 5.78 Å². The highest BCUT2D eigenvalue weighted by Crippen LogP contribution is 2.33. The number of hydrogen-bond acceptors (Lipinski definition) is 9. The Bertz CT molecular complexity index is 1450. The fourth-order valence-corrected chi connectivity index (χ4v) is 4.74. The minimum Gasteiger partial charge on any atom is -0.457 e. The minimum atomic E-state index is -1.35. The van der Waals surface area contributed by atoms with Crippen LogP contribution in [-0.4, -0.2) is 67.8 Å². The van der Waals surface area contributed by atoms with Gasteiger partial charge >= 0.3 is 0 Å². The molecule has 2 unspecified atom stereocenters. The first kappa shape index (κ1) is 26.3. The molecule has 11 heteroatoms. The Morgan fingerprint density at radius 1 is 1.15 bits per heavy atom. The number of nitrogens with two attached hydrogens (primary N) is 1. The summed E-state index contributed by atoms with van der Waals surface area (Å²) >= 11 is 0. The number of aliphatic hydroxyl groups excluding tert-OH is 2. The number of aromatic nitrogens is 3. The smallest absolute Gasteiger partial charge is 0.249 e. The number of benzene rings is 2. The van der Waals surface area contributed by atoms with Crippen LogP contribution in [0.3, 0.4) is 0 Å². The molecular formula is C28H29N5O6. The molecule has 4 aromatic rings. The molecule has 202 valence electrons. The van der Waals surface area contributed by atoms with E-state index in [4.69, 9.17) is 15.2 Å². The summed E-state index contributed by atoms with van der Waals surface area (Å²) in [4.78, 5) is 37.2. The quantitative estimate of drug-likeness (QED) is 0.193. The highest BCUT2D eigenvalue weighted by molar-refractivity contribution is 6.18. The number of ether oxygens (including phenoxy) is 2. The van der Waals surface area contributed by atoms with Gasteiger partial charge in [-0.25, -0.2) is 9.97 Å². The molecule has 3 heterocycles. The van der Waals surface area contributed by atoms with Crippen molar-refractivity contribution in [1.82, 2.24) is 15.0 Å². The van der Waals surface area contributed by atoms with Crippen LogP contribution in [0, 0.1) is 0 Å². The van der Waals surface area contributed by atoms with E-state index in [1.54, 1.807) is 30.5 Å². The first-order valence-corrected chi connectivity index (χ1v) is 12.6. The van der Waals surface area contributed by atoms with Crippen molar-refractivity contribution >= 4 is 28.5 Å². The second-order valence-electron chi connectivity index (χ2n) is 9.51. The van der Waals surface area contributed by atoms with Crippen LogP contribution >= 0.6 is 0 Å². The summed E-state index contributed by atoms with van der Waals surface area (Å²) in [7, 11) is 0. The molecule has 2 aromatic heterocycles. The van der Waals surface area contributed by atoms with Gasteiger partial charge in [-0.15, -0.1) is 0 Å². The van der Waals surface area contributed by atoms with E-state index in [-0.39, 0.29) is 31.3 Å². The number of carbonyl (C=O) groups excluding carboxylic acids is 2. The number of rotatable bonds is 10. The predicted molar refractivity (Wildman–Crippen MR) is 143 cm³/mol. The Balaban J connectivity index is 1.32. The number of anilines is 1. The lowest BCUT2D eigenvalue weighted by Crippen LogP contribution is -2.54. The number of H-pyrrole nitrogens is 1. The van der Waals surface area contributed by atoms with Crippen molar-refractivity contribution in [2.24, 2.45) is 5.73 Å². The third-order valence-electron chi connectivity index (χ3n) is 6.83. The van der Waals surface area contributed by atoms with Crippen molar-refractivity contribution in [3.8, 4) is 11.5 Å². The number of nitrogens with zero attached hydrogens (tertiary/aromatic N) is 2. The first-order valence-electron chi connectivity index (χ1n) is 12.6. The summed E-state index contributed by atoms with van der Waals surface area (Å²) in [6.07, 6.45) is 2.53. The number of fused-ring (bicyclic) bond motifs is 1. The van der Waals surface area contributed by atoms with Gasteiger partial charge in [-0.2, -0.15) is 0 Å². The molecule has 0 aliphatic carbocycles. The van der Waals surface area contributed by atoms with E-state index in [9.17, 15) is 19.8 Å². The van der Waals surface area contributed by atoms with Crippen molar-refractivity contribution in [2.75, 3.05) is 18.5 Å². The topological polar surface area (TPSA) is 173 Å². The Morgan fingerprint density at radius 3 is 2.56 bits per heavy atom. The van der Waals surface area contributed by atoms with E-state index in [0.29, 0.717) is 45.9 Å². The van der Waals surface area contributed by atoms with Crippen molar-refractivity contribution in [3.63, 3.8) is 0 Å². The van der Waals surface area contributed by atoms with Crippen LogP contribution in [0.2, 0.25) is 0 Å². The maximum atomic E-state index is 13.5. The summed E-state index contributed by atoms with van der Waals surface area (Å²) in [5.41, 5.74) is 5.59. The average Bonchev–Trinajstić information content (AvgIpc) is 3.40. The molecule has 1 saturated heterocycles. The molecule has 1 aliphatic heterocycles. The molecule has 39 heavy (non-hydrogen) atoms. The molecule has 0 bridgehead atoms. The van der Waals surface area contributed by atoms with Gasteiger partial charge in [0.25, 0.3) is 0 Å². The van der Waals surface area contributed by atoms with Gasteiger partial charge in [-0.3, -0.25) is 9.59 Å². The number of para-hydroxylation sites is 1. The molecule has 0 spiro atoms. The second kappa shape index (κ2) is 11.2. The van der Waals surface area contributed by atoms with Gasteiger partial charge in [0, 0.05) is 18.2 Å². The Labute approximate surface area is 224 Å². The Kier molecular flexibility index (Phi) is 7.55. The lowest BCUT2D eigenvalue weighted by atomic mass is 9.86. The number of amides is 1. The summed E-state index contributed by atoms with van der Waals surface area (Å²) in [5, 5.41) is 22.9. The molecule has 1 fully saturated rings. The largest absolute Gasteiger partial charge is 0.457 e. The molecule has 5 rings (SSSR count). The number of aromatic amines is 1. The van der Waals surface area contributed by atoms with Gasteiger partial charge in [-0.1, -0.05) is 18.2 Å². The highest BCUT2D eigenvalue weighted by atomic mass is 16.5. The molecule has 0 saturated carbocycles. The fraction of sp³-hybridized carbons (Fsp3) is 0.286. The SMILES string of the molecule is NC(=O)C1(C[C@@H](O)CO)CCC(Nc2ncnc3[nH]cc(C(=O)c4ccc(Oc5ccccc5)cc4)c23)CO1. The van der Waals surface area contributed by atoms with Gasteiger partial charge in [0.05, 0.1) is 36.3 Å². The number of nitrogens with one attached hydrogen (secondary N) is 2. The molecule has 3 atom stereocenters. The zero-order valence-electron chi connectivity index (χ0n) is 21.0. The van der Waals surface area contributed by atoms with E-state index in [1.807, 2.05) is 30.3 Å². The average molecular weight is 532 g/mol. The third-order valence-corrected chi connectivity index (χ3v) is 6.83. The van der Waals surface area contributed by atoms with Crippen LogP contribution in [0.1, 0.15) is 35.2 Å². The number of primary amides is 1. The Hall–Kier alpha value is -4.32. The van der Waals surface area contributed by atoms with Gasteiger partial charge in [0.1, 0.15) is 34.9 Å². The molecule has 6 N–H and O–H groups in total.